The Morgan fingerprint density at radius 2 is 0.848 bits per heavy atom. The molecule has 0 fully saturated rings. The number of halogens is 2. The van der Waals surface area contributed by atoms with Crippen molar-refractivity contribution >= 4 is 74.6 Å². The first-order valence-corrected chi connectivity index (χ1v) is 31.1. The summed E-state index contributed by atoms with van der Waals surface area (Å²) in [6, 6.07) is 40.6. The molecule has 2 radical (unpaired) electrons. The van der Waals surface area contributed by atoms with Crippen molar-refractivity contribution in [1.29, 1.82) is 0 Å². The van der Waals surface area contributed by atoms with E-state index in [2.05, 4.69) is 175 Å². The van der Waals surface area contributed by atoms with Gasteiger partial charge in [-0.1, -0.05) is 148 Å². The zero-order valence-electron chi connectivity index (χ0n) is 29.1. The molecule has 0 aromatic heterocycles. The van der Waals surface area contributed by atoms with E-state index in [9.17, 15) is 0 Å². The van der Waals surface area contributed by atoms with Crippen LogP contribution in [0.15, 0.2) is 109 Å². The molecule has 0 bridgehead atoms. The number of fused-ring (bicyclic) bond motifs is 2. The van der Waals surface area contributed by atoms with Crippen molar-refractivity contribution in [1.82, 2.24) is 0 Å². The van der Waals surface area contributed by atoms with Crippen molar-refractivity contribution in [3.63, 3.8) is 0 Å². The van der Waals surface area contributed by atoms with Crippen molar-refractivity contribution < 1.29 is 20.8 Å². The average Bonchev–Trinajstić information content (AvgIpc) is 3.58. The molecule has 6 aromatic rings. The quantitative estimate of drug-likeness (QED) is 0.124. The Kier molecular flexibility index (Phi) is 14.8. The molecule has 0 atom stereocenters. The first-order chi connectivity index (χ1) is 21.7. The standard InChI is InChI=1S/2C19H21Si.C2H6Si.2ClH.Zr/c2*1-14-12-16-6-5-7-18(19(16)13-14)15-8-10-17(11-9-15)20(2,3)4;1-3-2;;;/h2*5-13H,1-4H3;1-2H3;2*1H;/q2*-1;;;;+4/p-2. The summed E-state index contributed by atoms with van der Waals surface area (Å²) in [6.07, 6.45) is 0. The Bertz CT molecular complexity index is 1670. The Balaban J connectivity index is 0.000000214. The summed E-state index contributed by atoms with van der Waals surface area (Å²) >= 11 is -0.826. The Morgan fingerprint density at radius 1 is 0.543 bits per heavy atom. The van der Waals surface area contributed by atoms with Gasteiger partial charge in [0.25, 0.3) is 0 Å². The van der Waals surface area contributed by atoms with E-state index in [1.807, 2.05) is 0 Å². The van der Waals surface area contributed by atoms with Crippen molar-refractivity contribution in [3.05, 3.63) is 120 Å². The molecule has 0 saturated heterocycles. The zero-order chi connectivity index (χ0) is 34.1. The van der Waals surface area contributed by atoms with Crippen molar-refractivity contribution in [2.75, 3.05) is 0 Å². The Morgan fingerprint density at radius 3 is 1.13 bits per heavy atom. The van der Waals surface area contributed by atoms with Gasteiger partial charge in [0.05, 0.1) is 16.1 Å². The van der Waals surface area contributed by atoms with Crippen LogP contribution in [0.2, 0.25) is 52.4 Å². The van der Waals surface area contributed by atoms with Gasteiger partial charge in [0.1, 0.15) is 0 Å². The number of benzene rings is 4. The van der Waals surface area contributed by atoms with Gasteiger partial charge >= 0.3 is 37.9 Å². The molecule has 0 N–H and O–H groups in total. The maximum absolute atomic E-state index is 4.93. The normalized spacial score (nSPS) is 11.0. The monoisotopic (exact) mass is 772 g/mol. The molecule has 0 spiro atoms. The summed E-state index contributed by atoms with van der Waals surface area (Å²) in [5, 5.41) is 8.46. The fourth-order valence-corrected chi connectivity index (χ4v) is 7.91. The Labute approximate surface area is 301 Å². The van der Waals surface area contributed by atoms with Crippen LogP contribution in [0.25, 0.3) is 43.8 Å². The van der Waals surface area contributed by atoms with Crippen molar-refractivity contribution in [2.45, 2.75) is 66.2 Å². The fourth-order valence-electron chi connectivity index (χ4n) is 5.57. The number of aryl methyl sites for hydroxylation is 2. The van der Waals surface area contributed by atoms with Gasteiger partial charge in [0.15, 0.2) is 0 Å². The minimum absolute atomic E-state index is 0.826. The second-order valence-corrected chi connectivity index (χ2v) is 28.8. The molecule has 0 unspecified atom stereocenters. The van der Waals surface area contributed by atoms with Gasteiger partial charge in [-0.05, 0) is 11.1 Å². The van der Waals surface area contributed by atoms with E-state index in [1.54, 1.807) is 0 Å². The third-order valence-electron chi connectivity index (χ3n) is 7.91. The summed E-state index contributed by atoms with van der Waals surface area (Å²) in [4.78, 5) is 0. The van der Waals surface area contributed by atoms with Crippen LogP contribution in [-0.2, 0) is 20.8 Å². The second-order valence-electron chi connectivity index (χ2n) is 13.9. The first-order valence-electron chi connectivity index (χ1n) is 15.8. The molecular weight excluding hydrogens is 727 g/mol. The topological polar surface area (TPSA) is 0 Å². The van der Waals surface area contributed by atoms with E-state index >= 15 is 0 Å². The van der Waals surface area contributed by atoms with E-state index in [0.29, 0.717) is 0 Å². The SMILES string of the molecule is C[Si]C.Cc1cc2c(-c3ccc([Si](C)(C)C)cc3)cccc2[cH-]1.Cc1cc2c(-c3ccc([Si](C)(C)C)cc3)cccc2[cH-]1.[Cl][Zr+2][Cl]. The summed E-state index contributed by atoms with van der Waals surface area (Å²) in [5.74, 6) is 0. The summed E-state index contributed by atoms with van der Waals surface area (Å²) in [7, 11) is 8.54. The Hall–Kier alpha value is -1.79. The molecule has 6 aromatic carbocycles. The average molecular weight is 775 g/mol. The zero-order valence-corrected chi connectivity index (χ0v) is 36.1. The third kappa shape index (κ3) is 10.6. The van der Waals surface area contributed by atoms with Crippen LogP contribution in [0.4, 0.5) is 0 Å². The van der Waals surface area contributed by atoms with E-state index in [-0.39, 0.29) is 0 Å². The van der Waals surface area contributed by atoms with Gasteiger partial charge in [-0.2, -0.15) is 12.1 Å². The van der Waals surface area contributed by atoms with E-state index < -0.39 is 37.0 Å². The number of hydrogen-bond donors (Lipinski definition) is 0. The van der Waals surface area contributed by atoms with Crippen LogP contribution in [0.1, 0.15) is 11.1 Å². The van der Waals surface area contributed by atoms with Crippen LogP contribution < -0.4 is 10.4 Å². The summed E-state index contributed by atoms with van der Waals surface area (Å²) in [6.45, 7) is 23.0. The molecule has 0 nitrogen and oxygen atoms in total. The molecule has 6 heteroatoms. The van der Waals surface area contributed by atoms with Crippen molar-refractivity contribution in [2.24, 2.45) is 0 Å². The van der Waals surface area contributed by atoms with Gasteiger partial charge in [0, 0.05) is 9.52 Å². The van der Waals surface area contributed by atoms with Gasteiger partial charge in [-0.25, -0.2) is 0 Å². The van der Waals surface area contributed by atoms with Gasteiger partial charge < -0.3 is 0 Å². The maximum atomic E-state index is 4.93. The van der Waals surface area contributed by atoms with E-state index in [0.717, 1.165) is 9.52 Å². The summed E-state index contributed by atoms with van der Waals surface area (Å²) in [5.41, 5.74) is 8.01. The van der Waals surface area contributed by atoms with Crippen LogP contribution in [-0.4, -0.2) is 25.7 Å². The molecule has 0 aliphatic heterocycles. The van der Waals surface area contributed by atoms with Crippen molar-refractivity contribution in [3.8, 4) is 22.3 Å². The molecule has 0 saturated carbocycles. The number of hydrogen-bond acceptors (Lipinski definition) is 0. The molecule has 6 rings (SSSR count). The molecule has 238 valence electrons. The van der Waals surface area contributed by atoms with E-state index in [4.69, 9.17) is 17.0 Å². The fraction of sp³-hybridized carbons (Fsp3) is 0.250. The summed E-state index contributed by atoms with van der Waals surface area (Å²) < 4.78 is 0. The number of rotatable bonds is 4. The first kappa shape index (κ1) is 38.7. The molecule has 0 heterocycles. The van der Waals surface area contributed by atoms with Gasteiger partial charge in [0.2, 0.25) is 0 Å². The molecule has 46 heavy (non-hydrogen) atoms. The van der Waals surface area contributed by atoms with Gasteiger partial charge in [-0.3, -0.25) is 0 Å². The molecule has 0 aliphatic carbocycles. The molecular formula is C40H48Cl2Si3Zr. The van der Waals surface area contributed by atoms with Crippen LogP contribution >= 0.6 is 17.0 Å². The molecule has 0 aliphatic rings. The predicted molar refractivity (Wildman–Crippen MR) is 215 cm³/mol. The van der Waals surface area contributed by atoms with E-state index in [1.165, 1.54) is 65.3 Å². The minimum atomic E-state index is -1.21. The van der Waals surface area contributed by atoms with Gasteiger partial charge in [-0.15, -0.1) is 69.1 Å². The molecule has 0 amide bonds. The second kappa shape index (κ2) is 17.6. The predicted octanol–water partition coefficient (Wildman–Crippen LogP) is 12.3. The van der Waals surface area contributed by atoms with Crippen LogP contribution in [0, 0.1) is 13.8 Å². The third-order valence-corrected chi connectivity index (χ3v) is 12.0. The van der Waals surface area contributed by atoms with Crippen LogP contribution in [0.5, 0.6) is 0 Å². The van der Waals surface area contributed by atoms with Crippen LogP contribution in [0.3, 0.4) is 0 Å².